The lowest BCUT2D eigenvalue weighted by Crippen LogP contribution is -2.24. The minimum atomic E-state index is -0.107. The summed E-state index contributed by atoms with van der Waals surface area (Å²) in [5, 5.41) is 8.58. The van der Waals surface area contributed by atoms with Gasteiger partial charge in [0.1, 0.15) is 6.29 Å². The first-order chi connectivity index (χ1) is 6.33. The molecule has 0 aromatic rings. The SMILES string of the molecule is O=CC1(C/C=C/CO)CCCCC1. The molecule has 0 aromatic carbocycles. The first-order valence-electron chi connectivity index (χ1n) is 5.05. The molecule has 0 saturated heterocycles. The maximum Gasteiger partial charge on any atom is 0.126 e. The van der Waals surface area contributed by atoms with E-state index in [9.17, 15) is 4.79 Å². The Morgan fingerprint density at radius 3 is 2.38 bits per heavy atom. The van der Waals surface area contributed by atoms with Crippen LogP contribution in [0.5, 0.6) is 0 Å². The Morgan fingerprint density at radius 1 is 1.15 bits per heavy atom. The number of carbonyl (C=O) groups is 1. The van der Waals surface area contributed by atoms with Gasteiger partial charge >= 0.3 is 0 Å². The van der Waals surface area contributed by atoms with E-state index in [1.807, 2.05) is 6.08 Å². The highest BCUT2D eigenvalue weighted by atomic mass is 16.2. The average Bonchev–Trinajstić information content (AvgIpc) is 2.20. The maximum atomic E-state index is 11.0. The molecule has 2 nitrogen and oxygen atoms in total. The number of aliphatic hydroxyl groups excluding tert-OH is 1. The Kier molecular flexibility index (Phi) is 4.16. The Morgan fingerprint density at radius 2 is 1.85 bits per heavy atom. The van der Waals surface area contributed by atoms with Gasteiger partial charge in [-0.2, -0.15) is 0 Å². The predicted molar refractivity (Wildman–Crippen MR) is 52.4 cm³/mol. The van der Waals surface area contributed by atoms with Crippen molar-refractivity contribution in [1.82, 2.24) is 0 Å². The molecule has 74 valence electrons. The van der Waals surface area contributed by atoms with Gasteiger partial charge in [-0.3, -0.25) is 0 Å². The van der Waals surface area contributed by atoms with Gasteiger partial charge in [0, 0.05) is 5.41 Å². The fourth-order valence-electron chi connectivity index (χ4n) is 2.02. The van der Waals surface area contributed by atoms with Crippen molar-refractivity contribution in [2.75, 3.05) is 6.61 Å². The van der Waals surface area contributed by atoms with Crippen molar-refractivity contribution in [3.63, 3.8) is 0 Å². The van der Waals surface area contributed by atoms with Crippen LogP contribution in [0, 0.1) is 5.41 Å². The third kappa shape index (κ3) is 2.96. The molecule has 0 amide bonds. The van der Waals surface area contributed by atoms with Crippen LogP contribution in [0.1, 0.15) is 38.5 Å². The quantitative estimate of drug-likeness (QED) is 0.534. The van der Waals surface area contributed by atoms with Crippen LogP contribution in [-0.4, -0.2) is 18.0 Å². The number of allylic oxidation sites excluding steroid dienone is 1. The van der Waals surface area contributed by atoms with Crippen molar-refractivity contribution < 1.29 is 9.90 Å². The molecule has 0 atom stereocenters. The van der Waals surface area contributed by atoms with Crippen LogP contribution in [-0.2, 0) is 4.79 Å². The van der Waals surface area contributed by atoms with E-state index < -0.39 is 0 Å². The van der Waals surface area contributed by atoms with E-state index in [1.165, 1.54) is 19.3 Å². The number of hydrogen-bond donors (Lipinski definition) is 1. The summed E-state index contributed by atoms with van der Waals surface area (Å²) in [5.74, 6) is 0. The summed E-state index contributed by atoms with van der Waals surface area (Å²) in [4.78, 5) is 11.0. The second-order valence-corrected chi connectivity index (χ2v) is 3.90. The highest BCUT2D eigenvalue weighted by Crippen LogP contribution is 2.37. The van der Waals surface area contributed by atoms with E-state index >= 15 is 0 Å². The molecule has 1 fully saturated rings. The second-order valence-electron chi connectivity index (χ2n) is 3.90. The molecule has 1 N–H and O–H groups in total. The van der Waals surface area contributed by atoms with Crippen molar-refractivity contribution in [1.29, 1.82) is 0 Å². The molecule has 0 aliphatic heterocycles. The maximum absolute atomic E-state index is 11.0. The zero-order valence-electron chi connectivity index (χ0n) is 8.04. The second kappa shape index (κ2) is 5.18. The van der Waals surface area contributed by atoms with Gasteiger partial charge < -0.3 is 9.90 Å². The van der Waals surface area contributed by atoms with Gasteiger partial charge in [0.15, 0.2) is 0 Å². The van der Waals surface area contributed by atoms with Gasteiger partial charge in [-0.1, -0.05) is 31.4 Å². The third-order valence-corrected chi connectivity index (χ3v) is 2.90. The van der Waals surface area contributed by atoms with Crippen molar-refractivity contribution in [2.45, 2.75) is 38.5 Å². The highest BCUT2D eigenvalue weighted by Gasteiger charge is 2.29. The van der Waals surface area contributed by atoms with Crippen LogP contribution in [0.3, 0.4) is 0 Å². The van der Waals surface area contributed by atoms with Crippen LogP contribution >= 0.6 is 0 Å². The van der Waals surface area contributed by atoms with Crippen LogP contribution in [0.15, 0.2) is 12.2 Å². The van der Waals surface area contributed by atoms with Gasteiger partial charge in [0.2, 0.25) is 0 Å². The first-order valence-corrected chi connectivity index (χ1v) is 5.05. The molecule has 0 unspecified atom stereocenters. The zero-order chi connectivity index (χ0) is 9.57. The van der Waals surface area contributed by atoms with Gasteiger partial charge in [0.25, 0.3) is 0 Å². The summed E-state index contributed by atoms with van der Waals surface area (Å²) in [7, 11) is 0. The number of hydrogen-bond acceptors (Lipinski definition) is 2. The monoisotopic (exact) mass is 182 g/mol. The first kappa shape index (κ1) is 10.5. The molecule has 0 radical (unpaired) electrons. The largest absolute Gasteiger partial charge is 0.392 e. The molecule has 2 heteroatoms. The Balaban J connectivity index is 2.47. The molecule has 1 saturated carbocycles. The van der Waals surface area contributed by atoms with Crippen LogP contribution in [0.2, 0.25) is 0 Å². The molecular weight excluding hydrogens is 164 g/mol. The Hall–Kier alpha value is -0.630. The van der Waals surface area contributed by atoms with Gasteiger partial charge in [0.05, 0.1) is 6.61 Å². The van der Waals surface area contributed by atoms with E-state index in [0.29, 0.717) is 0 Å². The molecule has 1 rings (SSSR count). The van der Waals surface area contributed by atoms with Crippen molar-refractivity contribution in [3.8, 4) is 0 Å². The van der Waals surface area contributed by atoms with E-state index in [1.54, 1.807) is 6.08 Å². The highest BCUT2D eigenvalue weighted by molar-refractivity contribution is 5.59. The number of aliphatic hydroxyl groups is 1. The summed E-state index contributed by atoms with van der Waals surface area (Å²) in [6, 6.07) is 0. The number of rotatable bonds is 4. The fourth-order valence-corrected chi connectivity index (χ4v) is 2.02. The van der Waals surface area contributed by atoms with Crippen LogP contribution < -0.4 is 0 Å². The third-order valence-electron chi connectivity index (χ3n) is 2.90. The molecule has 0 aromatic heterocycles. The van der Waals surface area contributed by atoms with Crippen molar-refractivity contribution in [3.05, 3.63) is 12.2 Å². The average molecular weight is 182 g/mol. The predicted octanol–water partition coefficient (Wildman–Crippen LogP) is 2.07. The van der Waals surface area contributed by atoms with Crippen LogP contribution in [0.25, 0.3) is 0 Å². The summed E-state index contributed by atoms with van der Waals surface area (Å²) in [6.07, 6.45) is 11.2. The topological polar surface area (TPSA) is 37.3 Å². The lowest BCUT2D eigenvalue weighted by Gasteiger charge is -2.30. The Labute approximate surface area is 79.6 Å². The molecule has 0 spiro atoms. The number of carbonyl (C=O) groups excluding carboxylic acids is 1. The molecule has 1 aliphatic carbocycles. The van der Waals surface area contributed by atoms with Gasteiger partial charge in [-0.15, -0.1) is 0 Å². The Bertz CT molecular complexity index is 179. The van der Waals surface area contributed by atoms with E-state index in [-0.39, 0.29) is 12.0 Å². The summed E-state index contributed by atoms with van der Waals surface area (Å²) >= 11 is 0. The molecule has 0 heterocycles. The summed E-state index contributed by atoms with van der Waals surface area (Å²) < 4.78 is 0. The van der Waals surface area contributed by atoms with Gasteiger partial charge in [-0.25, -0.2) is 0 Å². The van der Waals surface area contributed by atoms with E-state index in [0.717, 1.165) is 25.5 Å². The molecule has 0 bridgehead atoms. The standard InChI is InChI=1S/C11H18O2/c12-9-5-4-8-11(10-13)6-2-1-3-7-11/h4-5,10,12H,1-3,6-9H2/b5-4+. The lowest BCUT2D eigenvalue weighted by molar-refractivity contribution is -0.117. The van der Waals surface area contributed by atoms with Gasteiger partial charge in [-0.05, 0) is 19.3 Å². The molecular formula is C11H18O2. The van der Waals surface area contributed by atoms with Crippen molar-refractivity contribution in [2.24, 2.45) is 5.41 Å². The van der Waals surface area contributed by atoms with Crippen LogP contribution in [0.4, 0.5) is 0 Å². The summed E-state index contributed by atoms with van der Waals surface area (Å²) in [5.41, 5.74) is -0.107. The smallest absolute Gasteiger partial charge is 0.126 e. The van der Waals surface area contributed by atoms with E-state index in [2.05, 4.69) is 0 Å². The lowest BCUT2D eigenvalue weighted by atomic mass is 9.73. The molecule has 1 aliphatic rings. The fraction of sp³-hybridized carbons (Fsp3) is 0.727. The molecule has 13 heavy (non-hydrogen) atoms. The minimum absolute atomic E-state index is 0.0783. The number of aldehydes is 1. The zero-order valence-corrected chi connectivity index (χ0v) is 8.04. The van der Waals surface area contributed by atoms with Crippen molar-refractivity contribution >= 4 is 6.29 Å². The van der Waals surface area contributed by atoms with E-state index in [4.69, 9.17) is 5.11 Å². The summed E-state index contributed by atoms with van der Waals surface area (Å²) in [6.45, 7) is 0.0783. The normalized spacial score (nSPS) is 21.9. The minimum Gasteiger partial charge on any atom is -0.392 e.